The van der Waals surface area contributed by atoms with Crippen LogP contribution >= 0.6 is 0 Å². The number of piperidine rings is 1. The number of nitrogens with one attached hydrogen (secondary N) is 1. The van der Waals surface area contributed by atoms with Crippen LogP contribution in [-0.4, -0.2) is 70.6 Å². The molecule has 1 aliphatic heterocycles. The van der Waals surface area contributed by atoms with Crippen molar-refractivity contribution >= 4 is 29.1 Å². The monoisotopic (exact) mass is 497 g/mol. The number of rotatable bonds is 5. The average molecular weight is 498 g/mol. The molecule has 1 aliphatic rings. The molecule has 1 saturated heterocycles. The SMILES string of the molecule is COC(=O)c1ccc(-c2cc(N3CCC[C@@H](NC(=O)OC(C)(C)C)C3)c3c(N)ncnn23)nc1OC. The molecule has 3 N–H and O–H groups in total. The van der Waals surface area contributed by atoms with Crippen molar-refractivity contribution in [2.75, 3.05) is 37.9 Å². The number of aromatic nitrogens is 4. The Bertz CT molecular complexity index is 1280. The number of nitrogens with zero attached hydrogens (tertiary/aromatic N) is 5. The fourth-order valence-corrected chi connectivity index (χ4v) is 4.26. The van der Waals surface area contributed by atoms with Gasteiger partial charge in [0.15, 0.2) is 5.82 Å². The van der Waals surface area contributed by atoms with Crippen molar-refractivity contribution in [2.24, 2.45) is 0 Å². The Labute approximate surface area is 208 Å². The minimum absolute atomic E-state index is 0.101. The molecule has 3 aromatic heterocycles. The lowest BCUT2D eigenvalue weighted by atomic mass is 10.1. The van der Waals surface area contributed by atoms with E-state index < -0.39 is 17.7 Å². The summed E-state index contributed by atoms with van der Waals surface area (Å²) < 4.78 is 17.2. The van der Waals surface area contributed by atoms with Gasteiger partial charge in [0.1, 0.15) is 23.0 Å². The van der Waals surface area contributed by atoms with Crippen LogP contribution in [0, 0.1) is 0 Å². The van der Waals surface area contributed by atoms with Gasteiger partial charge in [0.2, 0.25) is 5.88 Å². The molecule has 1 atom stereocenters. The van der Waals surface area contributed by atoms with Crippen molar-refractivity contribution in [3.8, 4) is 17.3 Å². The predicted octanol–water partition coefficient (Wildman–Crippen LogP) is 2.66. The summed E-state index contributed by atoms with van der Waals surface area (Å²) in [5.74, 6) is -0.0980. The van der Waals surface area contributed by atoms with Crippen molar-refractivity contribution in [1.82, 2.24) is 24.9 Å². The summed E-state index contributed by atoms with van der Waals surface area (Å²) in [6, 6.07) is 5.12. The third kappa shape index (κ3) is 5.11. The molecular weight excluding hydrogens is 466 g/mol. The van der Waals surface area contributed by atoms with E-state index in [-0.39, 0.29) is 17.5 Å². The maximum Gasteiger partial charge on any atom is 0.407 e. The smallest absolute Gasteiger partial charge is 0.407 e. The molecule has 0 radical (unpaired) electrons. The van der Waals surface area contributed by atoms with Gasteiger partial charge in [0.05, 0.1) is 31.3 Å². The zero-order chi connectivity index (χ0) is 26.0. The van der Waals surface area contributed by atoms with E-state index in [0.29, 0.717) is 29.3 Å². The van der Waals surface area contributed by atoms with Crippen LogP contribution in [0.5, 0.6) is 5.88 Å². The summed E-state index contributed by atoms with van der Waals surface area (Å²) in [6.07, 6.45) is 2.62. The first-order valence-corrected chi connectivity index (χ1v) is 11.6. The van der Waals surface area contributed by atoms with E-state index in [9.17, 15) is 9.59 Å². The highest BCUT2D eigenvalue weighted by Crippen LogP contribution is 2.35. The van der Waals surface area contributed by atoms with Gasteiger partial charge >= 0.3 is 12.1 Å². The summed E-state index contributed by atoms with van der Waals surface area (Å²) in [5.41, 5.74) is 8.54. The molecule has 1 amide bonds. The van der Waals surface area contributed by atoms with Gasteiger partial charge in [-0.2, -0.15) is 5.10 Å². The Hall–Kier alpha value is -4.09. The normalized spacial score (nSPS) is 16.0. The highest BCUT2D eigenvalue weighted by atomic mass is 16.6. The Balaban J connectivity index is 1.69. The number of ether oxygens (including phenoxy) is 3. The maximum atomic E-state index is 12.3. The molecule has 1 fully saturated rings. The second-order valence-corrected chi connectivity index (χ2v) is 9.50. The number of anilines is 2. The van der Waals surface area contributed by atoms with Crippen molar-refractivity contribution in [1.29, 1.82) is 0 Å². The first kappa shape index (κ1) is 25.0. The highest BCUT2D eigenvalue weighted by Gasteiger charge is 2.28. The molecule has 12 heteroatoms. The van der Waals surface area contributed by atoms with Gasteiger partial charge in [-0.15, -0.1) is 0 Å². The lowest BCUT2D eigenvalue weighted by Gasteiger charge is -2.34. The van der Waals surface area contributed by atoms with E-state index in [1.807, 2.05) is 26.8 Å². The van der Waals surface area contributed by atoms with E-state index in [1.54, 1.807) is 16.6 Å². The van der Waals surface area contributed by atoms with Gasteiger partial charge in [0, 0.05) is 19.1 Å². The number of nitrogen functional groups attached to an aromatic ring is 1. The van der Waals surface area contributed by atoms with Crippen LogP contribution in [0.15, 0.2) is 24.5 Å². The van der Waals surface area contributed by atoms with Crippen molar-refractivity contribution < 1.29 is 23.8 Å². The van der Waals surface area contributed by atoms with E-state index in [1.165, 1.54) is 20.5 Å². The van der Waals surface area contributed by atoms with Crippen LogP contribution in [0.25, 0.3) is 16.9 Å². The summed E-state index contributed by atoms with van der Waals surface area (Å²) in [6.45, 7) is 6.82. The number of methoxy groups -OCH3 is 2. The van der Waals surface area contributed by atoms with E-state index in [4.69, 9.17) is 19.9 Å². The Kier molecular flexibility index (Phi) is 6.86. The van der Waals surface area contributed by atoms with Gasteiger partial charge < -0.3 is 30.2 Å². The maximum absolute atomic E-state index is 12.3. The first-order valence-electron chi connectivity index (χ1n) is 11.6. The number of carbonyl (C=O) groups excluding carboxylic acids is 2. The van der Waals surface area contributed by atoms with Crippen LogP contribution in [0.3, 0.4) is 0 Å². The molecule has 4 rings (SSSR count). The van der Waals surface area contributed by atoms with Crippen LogP contribution < -0.4 is 20.7 Å². The minimum atomic E-state index is -0.574. The number of esters is 1. The number of fused-ring (bicyclic) bond motifs is 1. The standard InChI is InChI=1S/C24H31N7O5/c1-24(2,3)36-23(33)28-14-7-6-10-30(12-14)18-11-17(31-19(18)20(25)26-13-27-31)16-9-8-15(22(32)35-5)21(29-16)34-4/h8-9,11,13-14H,6-7,10,12H2,1-5H3,(H,28,33)(H2,25,26,27)/t14-/m1/s1. The fraction of sp³-hybridized carbons (Fsp3) is 0.458. The minimum Gasteiger partial charge on any atom is -0.480 e. The third-order valence-corrected chi connectivity index (χ3v) is 5.77. The molecule has 3 aromatic rings. The van der Waals surface area contributed by atoms with E-state index in [2.05, 4.69) is 25.3 Å². The number of pyridine rings is 1. The number of amides is 1. The topological polar surface area (TPSA) is 146 Å². The number of hydrogen-bond acceptors (Lipinski definition) is 10. The molecule has 0 aliphatic carbocycles. The lowest BCUT2D eigenvalue weighted by molar-refractivity contribution is 0.0499. The van der Waals surface area contributed by atoms with Crippen molar-refractivity contribution in [3.63, 3.8) is 0 Å². The molecule has 0 saturated carbocycles. The highest BCUT2D eigenvalue weighted by molar-refractivity contribution is 5.93. The quantitative estimate of drug-likeness (QED) is 0.504. The predicted molar refractivity (Wildman–Crippen MR) is 133 cm³/mol. The number of carbonyl (C=O) groups is 2. The molecule has 0 bridgehead atoms. The molecule has 192 valence electrons. The largest absolute Gasteiger partial charge is 0.480 e. The second-order valence-electron chi connectivity index (χ2n) is 9.50. The van der Waals surface area contributed by atoms with Crippen LogP contribution in [0.1, 0.15) is 44.0 Å². The number of nitrogens with two attached hydrogens (primary N) is 1. The zero-order valence-corrected chi connectivity index (χ0v) is 21.1. The molecule has 4 heterocycles. The number of alkyl carbamates (subject to hydrolysis) is 1. The molecular formula is C24H31N7O5. The lowest BCUT2D eigenvalue weighted by Crippen LogP contribution is -2.49. The third-order valence-electron chi connectivity index (χ3n) is 5.77. The Morgan fingerprint density at radius 1 is 1.22 bits per heavy atom. The van der Waals surface area contributed by atoms with E-state index >= 15 is 0 Å². The summed E-state index contributed by atoms with van der Waals surface area (Å²) >= 11 is 0. The molecule has 36 heavy (non-hydrogen) atoms. The van der Waals surface area contributed by atoms with Gasteiger partial charge in [-0.1, -0.05) is 0 Å². The summed E-state index contributed by atoms with van der Waals surface area (Å²) in [4.78, 5) is 35.2. The average Bonchev–Trinajstić information content (AvgIpc) is 3.23. The van der Waals surface area contributed by atoms with Gasteiger partial charge in [-0.05, 0) is 51.8 Å². The Morgan fingerprint density at radius 2 is 2.00 bits per heavy atom. The van der Waals surface area contributed by atoms with Crippen LogP contribution in [-0.2, 0) is 9.47 Å². The number of hydrogen-bond donors (Lipinski definition) is 2. The summed E-state index contributed by atoms with van der Waals surface area (Å²) in [7, 11) is 2.73. The van der Waals surface area contributed by atoms with Crippen molar-refractivity contribution in [3.05, 3.63) is 30.1 Å². The molecule has 12 nitrogen and oxygen atoms in total. The molecule has 0 spiro atoms. The van der Waals surface area contributed by atoms with Crippen molar-refractivity contribution in [2.45, 2.75) is 45.3 Å². The Morgan fingerprint density at radius 3 is 2.69 bits per heavy atom. The van der Waals surface area contributed by atoms with Crippen LogP contribution in [0.2, 0.25) is 0 Å². The van der Waals surface area contributed by atoms with Gasteiger partial charge in [-0.25, -0.2) is 24.1 Å². The van der Waals surface area contributed by atoms with Gasteiger partial charge in [0.25, 0.3) is 0 Å². The van der Waals surface area contributed by atoms with Crippen LogP contribution in [0.4, 0.5) is 16.3 Å². The van der Waals surface area contributed by atoms with E-state index in [0.717, 1.165) is 25.1 Å². The summed E-state index contributed by atoms with van der Waals surface area (Å²) in [5, 5.41) is 7.38. The molecule has 0 unspecified atom stereocenters. The zero-order valence-electron chi connectivity index (χ0n) is 21.1. The first-order chi connectivity index (χ1) is 17.1. The van der Waals surface area contributed by atoms with Gasteiger partial charge in [-0.3, -0.25) is 0 Å². The fourth-order valence-electron chi connectivity index (χ4n) is 4.26. The molecule has 0 aromatic carbocycles. The second kappa shape index (κ2) is 9.88.